The summed E-state index contributed by atoms with van der Waals surface area (Å²) in [7, 11) is 0. The Kier molecular flexibility index (Phi) is 2.92. The summed E-state index contributed by atoms with van der Waals surface area (Å²) in [4.78, 5) is 4.28. The lowest BCUT2D eigenvalue weighted by Gasteiger charge is -2.04. The highest BCUT2D eigenvalue weighted by molar-refractivity contribution is 6.34. The van der Waals surface area contributed by atoms with Crippen LogP contribution in [0.3, 0.4) is 0 Å². The van der Waals surface area contributed by atoms with Gasteiger partial charge in [-0.1, -0.05) is 35.3 Å². The molecule has 0 fully saturated rings. The summed E-state index contributed by atoms with van der Waals surface area (Å²) in [5, 5.41) is 4.94. The van der Waals surface area contributed by atoms with Crippen LogP contribution in [0, 0.1) is 12.7 Å². The molecule has 2 heterocycles. The maximum atomic E-state index is 12.9. The fraction of sp³-hybridized carbons (Fsp3) is 0.0769. The van der Waals surface area contributed by atoms with Crippen molar-refractivity contribution in [3.63, 3.8) is 0 Å². The molecule has 0 N–H and O–H groups in total. The molecule has 0 unspecified atom stereocenters. The zero-order valence-corrected chi connectivity index (χ0v) is 11.4. The monoisotopic (exact) mass is 295 g/mol. The van der Waals surface area contributed by atoms with Gasteiger partial charge in [0.05, 0.1) is 6.20 Å². The third-order valence-corrected chi connectivity index (χ3v) is 3.72. The van der Waals surface area contributed by atoms with Crippen LogP contribution in [0.2, 0.25) is 10.3 Å². The van der Waals surface area contributed by atoms with Gasteiger partial charge in [0.1, 0.15) is 16.1 Å². The third kappa shape index (κ3) is 1.97. The fourth-order valence-electron chi connectivity index (χ4n) is 1.85. The first kappa shape index (κ1) is 12.4. The number of hydrogen-bond donors (Lipinski definition) is 0. The van der Waals surface area contributed by atoms with Crippen molar-refractivity contribution >= 4 is 28.8 Å². The summed E-state index contributed by atoms with van der Waals surface area (Å²) in [5.41, 5.74) is 2.78. The summed E-state index contributed by atoms with van der Waals surface area (Å²) >= 11 is 12.2. The zero-order chi connectivity index (χ0) is 13.6. The molecule has 0 saturated carbocycles. The number of halogens is 3. The molecular weight excluding hydrogens is 288 g/mol. The van der Waals surface area contributed by atoms with E-state index in [2.05, 4.69) is 10.1 Å². The highest BCUT2D eigenvalue weighted by Gasteiger charge is 2.14. The second-order valence-corrected chi connectivity index (χ2v) is 4.83. The van der Waals surface area contributed by atoms with Crippen molar-refractivity contribution < 1.29 is 4.39 Å². The maximum absolute atomic E-state index is 12.9. The molecule has 96 valence electrons. The quantitative estimate of drug-likeness (QED) is 0.631. The summed E-state index contributed by atoms with van der Waals surface area (Å²) < 4.78 is 14.5. The molecule has 0 aliphatic heterocycles. The summed E-state index contributed by atoms with van der Waals surface area (Å²) in [6.07, 6.45) is 1.64. The van der Waals surface area contributed by atoms with Gasteiger partial charge in [-0.2, -0.15) is 5.10 Å². The molecule has 0 spiro atoms. The minimum Gasteiger partial charge on any atom is -0.216 e. The highest BCUT2D eigenvalue weighted by Crippen LogP contribution is 2.29. The van der Waals surface area contributed by atoms with E-state index < -0.39 is 0 Å². The van der Waals surface area contributed by atoms with Gasteiger partial charge in [-0.25, -0.2) is 13.9 Å². The first-order chi connectivity index (χ1) is 9.08. The van der Waals surface area contributed by atoms with Gasteiger partial charge in [0.25, 0.3) is 0 Å². The van der Waals surface area contributed by atoms with E-state index in [9.17, 15) is 4.39 Å². The van der Waals surface area contributed by atoms with E-state index in [-0.39, 0.29) is 5.82 Å². The summed E-state index contributed by atoms with van der Waals surface area (Å²) in [6, 6.07) is 6.10. The normalized spacial score (nSPS) is 11.2. The maximum Gasteiger partial charge on any atom is 0.166 e. The zero-order valence-electron chi connectivity index (χ0n) is 9.86. The lowest BCUT2D eigenvalue weighted by molar-refractivity contribution is 0.628. The van der Waals surface area contributed by atoms with Crippen LogP contribution in [0.5, 0.6) is 0 Å². The lowest BCUT2D eigenvalue weighted by Crippen LogP contribution is -1.96. The fourth-order valence-corrected chi connectivity index (χ4v) is 2.28. The smallest absolute Gasteiger partial charge is 0.166 e. The second kappa shape index (κ2) is 4.47. The minimum atomic E-state index is -0.292. The molecule has 19 heavy (non-hydrogen) atoms. The summed E-state index contributed by atoms with van der Waals surface area (Å²) in [5.74, 6) is -0.292. The summed E-state index contributed by atoms with van der Waals surface area (Å²) in [6.45, 7) is 1.77. The van der Waals surface area contributed by atoms with Gasteiger partial charge >= 0.3 is 0 Å². The van der Waals surface area contributed by atoms with E-state index in [1.165, 1.54) is 16.6 Å². The molecule has 1 aromatic carbocycles. The van der Waals surface area contributed by atoms with Crippen molar-refractivity contribution in [2.24, 2.45) is 0 Å². The van der Waals surface area contributed by atoms with Crippen molar-refractivity contribution in [1.29, 1.82) is 0 Å². The van der Waals surface area contributed by atoms with E-state index in [0.717, 1.165) is 11.1 Å². The molecular formula is C13H8Cl2FN3. The Balaban J connectivity index is 2.29. The van der Waals surface area contributed by atoms with Gasteiger partial charge in [0, 0.05) is 11.1 Å². The largest absolute Gasteiger partial charge is 0.216 e. The van der Waals surface area contributed by atoms with Crippen molar-refractivity contribution in [1.82, 2.24) is 14.6 Å². The second-order valence-electron chi connectivity index (χ2n) is 4.12. The minimum absolute atomic E-state index is 0.292. The SMILES string of the molecule is Cc1c(Cl)nc2c(-c3ccc(F)cc3)cnn2c1Cl. The number of nitrogens with zero attached hydrogens (tertiary/aromatic N) is 3. The van der Waals surface area contributed by atoms with Crippen molar-refractivity contribution in [3.8, 4) is 11.1 Å². The molecule has 0 amide bonds. The molecule has 3 rings (SSSR count). The Morgan fingerprint density at radius 2 is 1.84 bits per heavy atom. The molecule has 0 atom stereocenters. The predicted molar refractivity (Wildman–Crippen MR) is 73.1 cm³/mol. The van der Waals surface area contributed by atoms with Crippen molar-refractivity contribution in [2.45, 2.75) is 6.92 Å². The number of rotatable bonds is 1. The Morgan fingerprint density at radius 3 is 2.53 bits per heavy atom. The van der Waals surface area contributed by atoms with Gasteiger partial charge in [-0.3, -0.25) is 0 Å². The van der Waals surface area contributed by atoms with Gasteiger partial charge in [-0.15, -0.1) is 0 Å². The highest BCUT2D eigenvalue weighted by atomic mass is 35.5. The van der Waals surface area contributed by atoms with Gasteiger partial charge in [0.15, 0.2) is 5.65 Å². The van der Waals surface area contributed by atoms with Gasteiger partial charge < -0.3 is 0 Å². The molecule has 6 heteroatoms. The van der Waals surface area contributed by atoms with Crippen LogP contribution < -0.4 is 0 Å². The van der Waals surface area contributed by atoms with Crippen molar-refractivity contribution in [2.75, 3.05) is 0 Å². The van der Waals surface area contributed by atoms with E-state index in [1.807, 2.05) is 0 Å². The third-order valence-electron chi connectivity index (χ3n) is 2.91. The molecule has 2 aromatic heterocycles. The van der Waals surface area contributed by atoms with E-state index in [1.54, 1.807) is 25.3 Å². The predicted octanol–water partition coefficient (Wildman–Crippen LogP) is 4.15. The number of aromatic nitrogens is 3. The average Bonchev–Trinajstić information content (AvgIpc) is 2.81. The lowest BCUT2D eigenvalue weighted by atomic mass is 10.1. The van der Waals surface area contributed by atoms with Gasteiger partial charge in [-0.05, 0) is 24.6 Å². The van der Waals surface area contributed by atoms with Crippen LogP contribution in [0.15, 0.2) is 30.5 Å². The van der Waals surface area contributed by atoms with Crippen LogP contribution in [-0.2, 0) is 0 Å². The first-order valence-corrected chi connectivity index (χ1v) is 6.29. The van der Waals surface area contributed by atoms with Gasteiger partial charge in [0.2, 0.25) is 0 Å². The molecule has 0 radical (unpaired) electrons. The van der Waals surface area contributed by atoms with Crippen LogP contribution in [-0.4, -0.2) is 14.6 Å². The Morgan fingerprint density at radius 1 is 1.16 bits per heavy atom. The number of hydrogen-bond acceptors (Lipinski definition) is 2. The molecule has 3 aromatic rings. The molecule has 0 aliphatic carbocycles. The molecule has 0 aliphatic rings. The standard InChI is InChI=1S/C13H8Cl2FN3/c1-7-11(14)18-13-10(6-17-19(13)12(7)15)8-2-4-9(16)5-3-8/h2-6H,1H3. The molecule has 0 bridgehead atoms. The van der Waals surface area contributed by atoms with Crippen LogP contribution in [0.4, 0.5) is 4.39 Å². The van der Waals surface area contributed by atoms with Crippen LogP contribution >= 0.6 is 23.2 Å². The Bertz CT molecular complexity index is 766. The first-order valence-electron chi connectivity index (χ1n) is 5.53. The Labute approximate surface area is 118 Å². The van der Waals surface area contributed by atoms with E-state index in [0.29, 0.717) is 21.5 Å². The average molecular weight is 296 g/mol. The topological polar surface area (TPSA) is 30.2 Å². The van der Waals surface area contributed by atoms with Crippen LogP contribution in [0.25, 0.3) is 16.8 Å². The molecule has 3 nitrogen and oxygen atoms in total. The van der Waals surface area contributed by atoms with Crippen LogP contribution in [0.1, 0.15) is 5.56 Å². The van der Waals surface area contributed by atoms with E-state index in [4.69, 9.17) is 23.2 Å². The molecule has 0 saturated heterocycles. The number of benzene rings is 1. The van der Waals surface area contributed by atoms with E-state index >= 15 is 0 Å². The Hall–Kier alpha value is -1.65. The van der Waals surface area contributed by atoms with Crippen molar-refractivity contribution in [3.05, 3.63) is 52.1 Å². The number of fused-ring (bicyclic) bond motifs is 1.